The van der Waals surface area contributed by atoms with Crippen LogP contribution in [0.15, 0.2) is 18.2 Å². The first-order valence-electron chi connectivity index (χ1n) is 6.42. The van der Waals surface area contributed by atoms with Gasteiger partial charge in [-0.15, -0.1) is 0 Å². The highest BCUT2D eigenvalue weighted by atomic mass is 35.5. The van der Waals surface area contributed by atoms with Crippen molar-refractivity contribution in [2.24, 2.45) is 0 Å². The third-order valence-corrected chi connectivity index (χ3v) is 3.09. The van der Waals surface area contributed by atoms with Gasteiger partial charge in [0.15, 0.2) is 0 Å². The van der Waals surface area contributed by atoms with E-state index in [-0.39, 0.29) is 25.0 Å². The Hall–Kier alpha value is -1.79. The highest BCUT2D eigenvalue weighted by Gasteiger charge is 2.18. The first kappa shape index (κ1) is 17.3. The second kappa shape index (κ2) is 7.85. The summed E-state index contributed by atoms with van der Waals surface area (Å²) >= 11 is 5.89. The van der Waals surface area contributed by atoms with Crippen LogP contribution in [0.3, 0.4) is 0 Å². The van der Waals surface area contributed by atoms with Crippen molar-refractivity contribution >= 4 is 29.2 Å². The lowest BCUT2D eigenvalue weighted by molar-refractivity contribution is -0.139. The molecular weight excluding hydrogens is 296 g/mol. The molecule has 0 fully saturated rings. The van der Waals surface area contributed by atoms with Crippen LogP contribution in [-0.4, -0.2) is 48.1 Å². The van der Waals surface area contributed by atoms with Crippen molar-refractivity contribution in [3.8, 4) is 5.75 Å². The normalized spacial score (nSPS) is 10.8. The number of carbonyl (C=O) groups excluding carboxylic acids is 1. The summed E-state index contributed by atoms with van der Waals surface area (Å²) < 4.78 is 5.14. The van der Waals surface area contributed by atoms with Gasteiger partial charge in [0.25, 0.3) is 0 Å². The molecule has 0 radical (unpaired) electrons. The molecule has 0 unspecified atom stereocenters. The number of halogens is 1. The molecule has 6 nitrogen and oxygen atoms in total. The van der Waals surface area contributed by atoms with Crippen LogP contribution in [0.4, 0.5) is 5.69 Å². The van der Waals surface area contributed by atoms with Crippen molar-refractivity contribution in [2.75, 3.05) is 25.5 Å². The van der Waals surface area contributed by atoms with Gasteiger partial charge in [-0.1, -0.05) is 11.6 Å². The molecule has 1 rings (SSSR count). The number of nitrogens with zero attached hydrogens (tertiary/aromatic N) is 1. The van der Waals surface area contributed by atoms with Crippen LogP contribution in [0.5, 0.6) is 5.75 Å². The van der Waals surface area contributed by atoms with Crippen LogP contribution in [0.2, 0.25) is 5.02 Å². The Kier molecular flexibility index (Phi) is 6.45. The number of aliphatic carboxylic acids is 1. The molecule has 0 saturated carbocycles. The molecular formula is C14H19ClN2O4. The van der Waals surface area contributed by atoms with Crippen LogP contribution in [0.25, 0.3) is 0 Å². The van der Waals surface area contributed by atoms with Gasteiger partial charge in [0, 0.05) is 11.1 Å². The number of nitrogens with one attached hydrogen (secondary N) is 1. The summed E-state index contributed by atoms with van der Waals surface area (Å²) in [5, 5.41) is 12.0. The maximum absolute atomic E-state index is 12.0. The fourth-order valence-corrected chi connectivity index (χ4v) is 1.92. The molecule has 1 aromatic rings. The van der Waals surface area contributed by atoms with Crippen LogP contribution in [0, 0.1) is 0 Å². The lowest BCUT2D eigenvalue weighted by Gasteiger charge is -2.23. The van der Waals surface area contributed by atoms with Gasteiger partial charge in [0.05, 0.1) is 25.9 Å². The molecule has 7 heteroatoms. The van der Waals surface area contributed by atoms with E-state index in [0.717, 1.165) is 0 Å². The Bertz CT molecular complexity index is 520. The number of hydrogen-bond acceptors (Lipinski definition) is 4. The Labute approximate surface area is 128 Å². The molecule has 0 spiro atoms. The van der Waals surface area contributed by atoms with Crippen molar-refractivity contribution in [1.29, 1.82) is 0 Å². The lowest BCUT2D eigenvalue weighted by atomic mass is 10.2. The molecule has 0 aliphatic heterocycles. The van der Waals surface area contributed by atoms with Crippen LogP contribution >= 0.6 is 11.6 Å². The fourth-order valence-electron chi connectivity index (χ4n) is 1.75. The summed E-state index contributed by atoms with van der Waals surface area (Å²) in [4.78, 5) is 24.4. The Balaban J connectivity index is 2.76. The number of ether oxygens (including phenoxy) is 1. The number of amides is 1. The second-order valence-corrected chi connectivity index (χ2v) is 5.22. The maximum atomic E-state index is 12.0. The Morgan fingerprint density at radius 3 is 2.57 bits per heavy atom. The highest BCUT2D eigenvalue weighted by molar-refractivity contribution is 6.31. The lowest BCUT2D eigenvalue weighted by Crippen LogP contribution is -2.41. The van der Waals surface area contributed by atoms with Crippen LogP contribution in [0.1, 0.15) is 13.8 Å². The third-order valence-electron chi connectivity index (χ3n) is 2.85. The average Bonchev–Trinajstić information content (AvgIpc) is 2.37. The van der Waals surface area contributed by atoms with E-state index in [9.17, 15) is 9.59 Å². The van der Waals surface area contributed by atoms with E-state index < -0.39 is 5.97 Å². The predicted octanol–water partition coefficient (Wildman–Crippen LogP) is 2.08. The Morgan fingerprint density at radius 1 is 1.38 bits per heavy atom. The zero-order valence-electron chi connectivity index (χ0n) is 12.2. The minimum Gasteiger partial charge on any atom is -0.495 e. The van der Waals surface area contributed by atoms with Crippen molar-refractivity contribution in [1.82, 2.24) is 4.90 Å². The number of carbonyl (C=O) groups is 2. The van der Waals surface area contributed by atoms with Crippen LogP contribution < -0.4 is 10.1 Å². The molecule has 0 atom stereocenters. The van der Waals surface area contributed by atoms with Gasteiger partial charge in [-0.25, -0.2) is 0 Å². The van der Waals surface area contributed by atoms with E-state index in [4.69, 9.17) is 21.4 Å². The number of carboxylic acid groups (broad SMARTS) is 1. The standard InChI is InChI=1S/C14H19ClN2O4/c1-9(2)17(8-14(19)20)7-13(18)16-11-6-10(15)4-5-12(11)21-3/h4-6,9H,7-8H2,1-3H3,(H,16,18)(H,19,20). The Morgan fingerprint density at radius 2 is 2.05 bits per heavy atom. The second-order valence-electron chi connectivity index (χ2n) is 4.79. The van der Waals surface area contributed by atoms with Crippen LogP contribution in [-0.2, 0) is 9.59 Å². The number of rotatable bonds is 7. The van der Waals surface area contributed by atoms with Gasteiger partial charge < -0.3 is 15.2 Å². The minimum absolute atomic E-state index is 0.0281. The molecule has 0 aliphatic rings. The van der Waals surface area contributed by atoms with Gasteiger partial charge in [-0.3, -0.25) is 14.5 Å². The first-order chi connectivity index (χ1) is 9.83. The molecule has 0 aliphatic carbocycles. The molecule has 1 amide bonds. The summed E-state index contributed by atoms with van der Waals surface area (Å²) in [5.74, 6) is -0.815. The largest absolute Gasteiger partial charge is 0.495 e. The summed E-state index contributed by atoms with van der Waals surface area (Å²) in [6.45, 7) is 3.43. The van der Waals surface area contributed by atoms with E-state index >= 15 is 0 Å². The predicted molar refractivity (Wildman–Crippen MR) is 81.0 cm³/mol. The summed E-state index contributed by atoms with van der Waals surface area (Å²) in [6, 6.07) is 4.82. The maximum Gasteiger partial charge on any atom is 0.317 e. The molecule has 116 valence electrons. The molecule has 0 saturated heterocycles. The minimum atomic E-state index is -0.975. The first-order valence-corrected chi connectivity index (χ1v) is 6.80. The number of carboxylic acids is 1. The number of methoxy groups -OCH3 is 1. The third kappa shape index (κ3) is 5.61. The number of hydrogen-bond donors (Lipinski definition) is 2. The van der Waals surface area contributed by atoms with Crippen molar-refractivity contribution in [3.63, 3.8) is 0 Å². The monoisotopic (exact) mass is 314 g/mol. The van der Waals surface area contributed by atoms with Gasteiger partial charge in [-0.05, 0) is 32.0 Å². The van der Waals surface area contributed by atoms with E-state index in [1.54, 1.807) is 23.1 Å². The van der Waals surface area contributed by atoms with E-state index in [0.29, 0.717) is 16.5 Å². The molecule has 21 heavy (non-hydrogen) atoms. The topological polar surface area (TPSA) is 78.9 Å². The zero-order valence-corrected chi connectivity index (χ0v) is 13.0. The van der Waals surface area contributed by atoms with Crippen molar-refractivity contribution in [3.05, 3.63) is 23.2 Å². The summed E-state index contributed by atoms with van der Waals surface area (Å²) in [6.07, 6.45) is 0. The smallest absolute Gasteiger partial charge is 0.317 e. The fraction of sp³-hybridized carbons (Fsp3) is 0.429. The SMILES string of the molecule is COc1ccc(Cl)cc1NC(=O)CN(CC(=O)O)C(C)C. The summed E-state index contributed by atoms with van der Waals surface area (Å²) in [5.41, 5.74) is 0.453. The van der Waals surface area contributed by atoms with Gasteiger partial charge >= 0.3 is 5.97 Å². The number of anilines is 1. The van der Waals surface area contributed by atoms with E-state index in [1.807, 2.05) is 13.8 Å². The molecule has 0 aromatic heterocycles. The van der Waals surface area contributed by atoms with Gasteiger partial charge in [-0.2, -0.15) is 0 Å². The van der Waals surface area contributed by atoms with E-state index in [2.05, 4.69) is 5.32 Å². The molecule has 2 N–H and O–H groups in total. The van der Waals surface area contributed by atoms with E-state index in [1.165, 1.54) is 7.11 Å². The van der Waals surface area contributed by atoms with Crippen molar-refractivity contribution < 1.29 is 19.4 Å². The average molecular weight is 315 g/mol. The molecule has 0 bridgehead atoms. The zero-order chi connectivity index (χ0) is 16.0. The van der Waals surface area contributed by atoms with Gasteiger partial charge in [0.1, 0.15) is 5.75 Å². The van der Waals surface area contributed by atoms with Gasteiger partial charge in [0.2, 0.25) is 5.91 Å². The molecule has 1 aromatic carbocycles. The summed E-state index contributed by atoms with van der Waals surface area (Å²) in [7, 11) is 1.49. The van der Waals surface area contributed by atoms with Crippen molar-refractivity contribution in [2.45, 2.75) is 19.9 Å². The quantitative estimate of drug-likeness (QED) is 0.805. The number of benzene rings is 1. The highest BCUT2D eigenvalue weighted by Crippen LogP contribution is 2.27. The molecule has 0 heterocycles.